The zero-order valence-electron chi connectivity index (χ0n) is 13.8. The molecule has 1 saturated heterocycles. The number of hydrogen-bond acceptors (Lipinski definition) is 3. The molecule has 3 amide bonds. The molecular weight excluding hydrogens is 375 g/mol. The van der Waals surface area contributed by atoms with Crippen LogP contribution in [0.3, 0.4) is 0 Å². The van der Waals surface area contributed by atoms with E-state index in [-0.39, 0.29) is 6.54 Å². The zero-order chi connectivity index (χ0) is 18.5. The number of furan rings is 1. The third-order valence-electron chi connectivity index (χ3n) is 4.54. The summed E-state index contributed by atoms with van der Waals surface area (Å²) >= 11 is 12.1. The smallest absolute Gasteiger partial charge is 0.325 e. The van der Waals surface area contributed by atoms with Gasteiger partial charge in [0, 0.05) is 15.4 Å². The first kappa shape index (κ1) is 16.9. The van der Waals surface area contributed by atoms with Crippen molar-refractivity contribution in [1.29, 1.82) is 0 Å². The molecule has 5 nitrogen and oxygen atoms in total. The first-order chi connectivity index (χ1) is 12.4. The standard InChI is InChI=1S/C19H14Cl2N2O3/c1-19(16-8-11-4-2-3-5-15(11)26-16)17(24)23(18(25)22-19)10-12-6-7-13(20)9-14(12)21/h2-9H,10H2,1H3,(H,22,25). The van der Waals surface area contributed by atoms with Crippen LogP contribution in [0.25, 0.3) is 11.0 Å². The lowest BCUT2D eigenvalue weighted by Crippen LogP contribution is -2.40. The average molecular weight is 389 g/mol. The van der Waals surface area contributed by atoms with Gasteiger partial charge in [0.05, 0.1) is 6.54 Å². The number of nitrogens with zero attached hydrogens (tertiary/aromatic N) is 1. The van der Waals surface area contributed by atoms with Gasteiger partial charge >= 0.3 is 6.03 Å². The maximum absolute atomic E-state index is 13.0. The number of carbonyl (C=O) groups excluding carboxylic acids is 2. The highest BCUT2D eigenvalue weighted by atomic mass is 35.5. The Kier molecular flexibility index (Phi) is 3.93. The Morgan fingerprint density at radius 3 is 2.62 bits per heavy atom. The number of halogens is 2. The molecule has 4 rings (SSSR count). The number of carbonyl (C=O) groups is 2. The fraction of sp³-hybridized carbons (Fsp3) is 0.158. The minimum Gasteiger partial charge on any atom is -0.458 e. The van der Waals surface area contributed by atoms with Gasteiger partial charge in [-0.1, -0.05) is 47.5 Å². The van der Waals surface area contributed by atoms with Gasteiger partial charge in [0.1, 0.15) is 11.3 Å². The van der Waals surface area contributed by atoms with Gasteiger partial charge in [0.25, 0.3) is 5.91 Å². The summed E-state index contributed by atoms with van der Waals surface area (Å²) < 4.78 is 5.81. The van der Waals surface area contributed by atoms with Crippen molar-refractivity contribution in [1.82, 2.24) is 10.2 Å². The number of imide groups is 1. The van der Waals surface area contributed by atoms with Crippen LogP contribution in [0, 0.1) is 0 Å². The molecule has 0 spiro atoms. The lowest BCUT2D eigenvalue weighted by atomic mass is 9.98. The highest BCUT2D eigenvalue weighted by Crippen LogP contribution is 2.34. The Hall–Kier alpha value is -2.50. The van der Waals surface area contributed by atoms with Gasteiger partial charge in [-0.3, -0.25) is 9.69 Å². The van der Waals surface area contributed by atoms with Crippen LogP contribution in [0.1, 0.15) is 18.2 Å². The van der Waals surface area contributed by atoms with Gasteiger partial charge in [0.2, 0.25) is 0 Å². The number of nitrogens with one attached hydrogen (secondary N) is 1. The van der Waals surface area contributed by atoms with Crippen LogP contribution in [0.2, 0.25) is 10.0 Å². The Bertz CT molecular complexity index is 1010. The third-order valence-corrected chi connectivity index (χ3v) is 5.12. The summed E-state index contributed by atoms with van der Waals surface area (Å²) in [5, 5.41) is 4.49. The van der Waals surface area contributed by atoms with Crippen molar-refractivity contribution in [2.24, 2.45) is 0 Å². The lowest BCUT2D eigenvalue weighted by Gasteiger charge is -2.19. The SMILES string of the molecule is CC1(c2cc3ccccc3o2)NC(=O)N(Cc2ccc(Cl)cc2Cl)C1=O. The maximum Gasteiger partial charge on any atom is 0.325 e. The first-order valence-electron chi connectivity index (χ1n) is 7.95. The summed E-state index contributed by atoms with van der Waals surface area (Å²) in [5.41, 5.74) is 0.0213. The predicted octanol–water partition coefficient (Wildman–Crippen LogP) is 4.71. The number of benzene rings is 2. The molecule has 1 atom stereocenters. The van der Waals surface area contributed by atoms with Crippen LogP contribution in [0.4, 0.5) is 4.79 Å². The lowest BCUT2D eigenvalue weighted by molar-refractivity contribution is -0.132. The third kappa shape index (κ3) is 2.64. The van der Waals surface area contributed by atoms with Gasteiger partial charge in [-0.15, -0.1) is 0 Å². The van der Waals surface area contributed by atoms with Crippen molar-refractivity contribution in [3.8, 4) is 0 Å². The summed E-state index contributed by atoms with van der Waals surface area (Å²) in [6.07, 6.45) is 0. The second kappa shape index (κ2) is 6.04. The van der Waals surface area contributed by atoms with E-state index in [4.69, 9.17) is 27.6 Å². The second-order valence-corrected chi connectivity index (χ2v) is 7.17. The highest BCUT2D eigenvalue weighted by Gasteiger charge is 2.51. The summed E-state index contributed by atoms with van der Waals surface area (Å²) in [6.45, 7) is 1.69. The van der Waals surface area contributed by atoms with Crippen molar-refractivity contribution in [2.45, 2.75) is 19.0 Å². The van der Waals surface area contributed by atoms with E-state index in [0.29, 0.717) is 27.0 Å². The molecule has 132 valence electrons. The Balaban J connectivity index is 1.67. The van der Waals surface area contributed by atoms with Crippen molar-refractivity contribution in [2.75, 3.05) is 0 Å². The molecule has 1 fully saturated rings. The van der Waals surface area contributed by atoms with Crippen molar-refractivity contribution in [3.05, 3.63) is 69.9 Å². The molecule has 7 heteroatoms. The van der Waals surface area contributed by atoms with Crippen LogP contribution in [0.5, 0.6) is 0 Å². The van der Waals surface area contributed by atoms with Crippen molar-refractivity contribution < 1.29 is 14.0 Å². The second-order valence-electron chi connectivity index (χ2n) is 6.33. The molecule has 2 aromatic carbocycles. The molecule has 0 aliphatic carbocycles. The summed E-state index contributed by atoms with van der Waals surface area (Å²) in [6, 6.07) is 13.6. The Morgan fingerprint density at radius 1 is 1.12 bits per heavy atom. The summed E-state index contributed by atoms with van der Waals surface area (Å²) in [4.78, 5) is 26.6. The van der Waals surface area contributed by atoms with Crippen LogP contribution < -0.4 is 5.32 Å². The normalized spacial score (nSPS) is 20.0. The molecule has 0 radical (unpaired) electrons. The van der Waals surface area contributed by atoms with Gasteiger partial charge in [0.15, 0.2) is 5.54 Å². The molecule has 1 aliphatic heterocycles. The molecular formula is C19H14Cl2N2O3. The number of fused-ring (bicyclic) bond motifs is 1. The van der Waals surface area contributed by atoms with Crippen LogP contribution >= 0.6 is 23.2 Å². The molecule has 1 aromatic heterocycles. The summed E-state index contributed by atoms with van der Waals surface area (Å²) in [5.74, 6) is -0.00525. The largest absolute Gasteiger partial charge is 0.458 e. The maximum atomic E-state index is 13.0. The van der Waals surface area contributed by atoms with E-state index in [1.807, 2.05) is 24.3 Å². The Morgan fingerprint density at radius 2 is 1.88 bits per heavy atom. The minimum absolute atomic E-state index is 0.0521. The van der Waals surface area contributed by atoms with E-state index in [1.165, 1.54) is 0 Å². The fourth-order valence-electron chi connectivity index (χ4n) is 3.06. The molecule has 26 heavy (non-hydrogen) atoms. The fourth-order valence-corrected chi connectivity index (χ4v) is 3.52. The van der Waals surface area contributed by atoms with Gasteiger partial charge in [-0.25, -0.2) is 4.79 Å². The van der Waals surface area contributed by atoms with Crippen LogP contribution in [-0.4, -0.2) is 16.8 Å². The topological polar surface area (TPSA) is 62.6 Å². The Labute approximate surface area is 159 Å². The number of urea groups is 1. The number of amides is 3. The predicted molar refractivity (Wildman–Crippen MR) is 99.1 cm³/mol. The van der Waals surface area contributed by atoms with Gasteiger partial charge in [-0.05, 0) is 36.8 Å². The van der Waals surface area contributed by atoms with E-state index in [9.17, 15) is 9.59 Å². The number of para-hydroxylation sites is 1. The van der Waals surface area contributed by atoms with E-state index in [0.717, 1.165) is 10.3 Å². The molecule has 1 unspecified atom stereocenters. The average Bonchev–Trinajstić information content (AvgIpc) is 3.13. The van der Waals surface area contributed by atoms with E-state index >= 15 is 0 Å². The van der Waals surface area contributed by atoms with Gasteiger partial charge in [-0.2, -0.15) is 0 Å². The quantitative estimate of drug-likeness (QED) is 0.660. The highest BCUT2D eigenvalue weighted by molar-refractivity contribution is 6.35. The molecule has 2 heterocycles. The molecule has 0 bridgehead atoms. The van der Waals surface area contributed by atoms with E-state index in [2.05, 4.69) is 5.32 Å². The van der Waals surface area contributed by atoms with Crippen molar-refractivity contribution >= 4 is 46.1 Å². The van der Waals surface area contributed by atoms with Crippen LogP contribution in [0.15, 0.2) is 52.9 Å². The monoisotopic (exact) mass is 388 g/mol. The number of rotatable bonds is 3. The minimum atomic E-state index is -1.27. The van der Waals surface area contributed by atoms with Crippen molar-refractivity contribution in [3.63, 3.8) is 0 Å². The number of hydrogen-bond donors (Lipinski definition) is 1. The van der Waals surface area contributed by atoms with E-state index in [1.54, 1.807) is 31.2 Å². The first-order valence-corrected chi connectivity index (χ1v) is 8.71. The molecule has 1 N–H and O–H groups in total. The zero-order valence-corrected chi connectivity index (χ0v) is 15.3. The summed E-state index contributed by atoms with van der Waals surface area (Å²) in [7, 11) is 0. The molecule has 0 saturated carbocycles. The van der Waals surface area contributed by atoms with E-state index < -0.39 is 17.5 Å². The molecule has 3 aromatic rings. The van der Waals surface area contributed by atoms with Crippen LogP contribution in [-0.2, 0) is 16.9 Å². The molecule has 1 aliphatic rings. The van der Waals surface area contributed by atoms with Gasteiger partial charge < -0.3 is 9.73 Å².